The molecule has 0 aliphatic carbocycles. The number of fused-ring (bicyclic) bond motifs is 1. The van der Waals surface area contributed by atoms with Crippen LogP contribution in [0.2, 0.25) is 0 Å². The molecular formula is C23H18FIN2O. The molecule has 4 rings (SSSR count). The highest BCUT2D eigenvalue weighted by molar-refractivity contribution is 14.1. The lowest BCUT2D eigenvalue weighted by Gasteiger charge is -2.30. The number of carbonyl (C=O) groups is 1. The van der Waals surface area contributed by atoms with Crippen molar-refractivity contribution in [2.24, 2.45) is 4.99 Å². The highest BCUT2D eigenvalue weighted by Crippen LogP contribution is 2.40. The summed E-state index contributed by atoms with van der Waals surface area (Å²) >= 11 is 2.28. The monoisotopic (exact) mass is 484 g/mol. The molecule has 1 unspecified atom stereocenters. The first-order chi connectivity index (χ1) is 13.5. The number of anilines is 1. The Morgan fingerprint density at radius 3 is 2.39 bits per heavy atom. The van der Waals surface area contributed by atoms with Gasteiger partial charge in [0.25, 0.3) is 0 Å². The summed E-state index contributed by atoms with van der Waals surface area (Å²) < 4.78 is 14.7. The van der Waals surface area contributed by atoms with Crippen LogP contribution < -0.4 is 4.90 Å². The van der Waals surface area contributed by atoms with Gasteiger partial charge >= 0.3 is 0 Å². The summed E-state index contributed by atoms with van der Waals surface area (Å²) in [5, 5.41) is 0. The van der Waals surface area contributed by atoms with E-state index in [4.69, 9.17) is 4.99 Å². The number of para-hydroxylation sites is 2. The van der Waals surface area contributed by atoms with Gasteiger partial charge in [0.1, 0.15) is 5.82 Å². The van der Waals surface area contributed by atoms with E-state index in [0.717, 1.165) is 31.8 Å². The van der Waals surface area contributed by atoms with Crippen LogP contribution >= 0.6 is 22.6 Å². The van der Waals surface area contributed by atoms with Gasteiger partial charge in [-0.3, -0.25) is 9.79 Å². The Bertz CT molecular complexity index is 1040. The van der Waals surface area contributed by atoms with Crippen LogP contribution in [0.4, 0.5) is 15.8 Å². The average Bonchev–Trinajstić information content (AvgIpc) is 2.86. The lowest BCUT2D eigenvalue weighted by molar-refractivity contribution is -0.117. The Balaban J connectivity index is 1.89. The Hall–Kier alpha value is -2.54. The van der Waals surface area contributed by atoms with Gasteiger partial charge in [-0.25, -0.2) is 4.39 Å². The van der Waals surface area contributed by atoms with Crippen molar-refractivity contribution in [3.8, 4) is 0 Å². The zero-order chi connectivity index (χ0) is 19.7. The normalized spacial score (nSPS) is 16.2. The van der Waals surface area contributed by atoms with Crippen molar-refractivity contribution < 1.29 is 9.18 Å². The maximum atomic E-state index is 13.5. The van der Waals surface area contributed by atoms with E-state index >= 15 is 0 Å². The number of halogens is 2. The van der Waals surface area contributed by atoms with E-state index < -0.39 is 0 Å². The fraction of sp³-hybridized carbons (Fsp3) is 0.130. The van der Waals surface area contributed by atoms with Crippen LogP contribution in [0.3, 0.4) is 0 Å². The van der Waals surface area contributed by atoms with Gasteiger partial charge in [0, 0.05) is 16.9 Å². The van der Waals surface area contributed by atoms with E-state index in [1.807, 2.05) is 48.5 Å². The predicted octanol–water partition coefficient (Wildman–Crippen LogP) is 6.05. The second-order valence-electron chi connectivity index (χ2n) is 6.71. The van der Waals surface area contributed by atoms with Gasteiger partial charge in [0.2, 0.25) is 5.91 Å². The third-order valence-corrected chi connectivity index (χ3v) is 5.59. The van der Waals surface area contributed by atoms with Gasteiger partial charge in [-0.1, -0.05) is 36.4 Å². The van der Waals surface area contributed by atoms with Crippen LogP contribution in [0, 0.1) is 9.39 Å². The van der Waals surface area contributed by atoms with Crippen molar-refractivity contribution in [1.82, 2.24) is 0 Å². The second-order valence-corrected chi connectivity index (χ2v) is 7.96. The number of benzene rings is 3. The Kier molecular flexibility index (Phi) is 5.26. The molecule has 3 nitrogen and oxygen atoms in total. The summed E-state index contributed by atoms with van der Waals surface area (Å²) in [5.74, 6) is -0.362. The number of rotatable bonds is 2. The molecule has 0 spiro atoms. The Morgan fingerprint density at radius 1 is 1.04 bits per heavy atom. The predicted molar refractivity (Wildman–Crippen MR) is 119 cm³/mol. The minimum Gasteiger partial charge on any atom is -0.303 e. The number of nitrogens with zero attached hydrogens (tertiary/aromatic N) is 2. The van der Waals surface area contributed by atoms with Crippen molar-refractivity contribution in [3.05, 3.63) is 93.3 Å². The summed E-state index contributed by atoms with van der Waals surface area (Å²) in [4.78, 5) is 19.3. The highest BCUT2D eigenvalue weighted by Gasteiger charge is 2.30. The van der Waals surface area contributed by atoms with Gasteiger partial charge in [-0.2, -0.15) is 0 Å². The molecule has 1 aliphatic heterocycles. The van der Waals surface area contributed by atoms with Gasteiger partial charge < -0.3 is 4.90 Å². The molecule has 0 radical (unpaired) electrons. The van der Waals surface area contributed by atoms with E-state index in [9.17, 15) is 9.18 Å². The topological polar surface area (TPSA) is 32.7 Å². The largest absolute Gasteiger partial charge is 0.303 e. The highest BCUT2D eigenvalue weighted by atomic mass is 127. The number of amides is 1. The van der Waals surface area contributed by atoms with Crippen molar-refractivity contribution in [3.63, 3.8) is 0 Å². The number of hydrogen-bond donors (Lipinski definition) is 0. The molecule has 1 heterocycles. The van der Waals surface area contributed by atoms with Crippen LogP contribution in [0.1, 0.15) is 30.5 Å². The summed E-state index contributed by atoms with van der Waals surface area (Å²) in [7, 11) is 0. The minimum absolute atomic E-state index is 0.0687. The van der Waals surface area contributed by atoms with E-state index in [0.29, 0.717) is 6.42 Å². The molecule has 0 N–H and O–H groups in total. The van der Waals surface area contributed by atoms with Crippen LogP contribution in [0.5, 0.6) is 0 Å². The molecule has 1 atom stereocenters. The second kappa shape index (κ2) is 7.83. The summed E-state index contributed by atoms with van der Waals surface area (Å²) in [6.07, 6.45) is 0.542. The van der Waals surface area contributed by atoms with Crippen molar-refractivity contribution >= 4 is 45.6 Å². The molecule has 0 aromatic heterocycles. The van der Waals surface area contributed by atoms with Crippen molar-refractivity contribution in [2.45, 2.75) is 19.4 Å². The summed E-state index contributed by atoms with van der Waals surface area (Å²) in [6, 6.07) is 22.0. The van der Waals surface area contributed by atoms with E-state index in [-0.39, 0.29) is 17.8 Å². The molecule has 3 aromatic carbocycles. The van der Waals surface area contributed by atoms with E-state index in [2.05, 4.69) is 22.6 Å². The van der Waals surface area contributed by atoms with Gasteiger partial charge in [0.15, 0.2) is 0 Å². The Morgan fingerprint density at radius 2 is 1.71 bits per heavy atom. The average molecular weight is 484 g/mol. The van der Waals surface area contributed by atoms with E-state index in [1.165, 1.54) is 12.1 Å². The van der Waals surface area contributed by atoms with Crippen LogP contribution in [-0.2, 0) is 4.79 Å². The number of aliphatic imine (C=N–C) groups is 1. The first-order valence-corrected chi connectivity index (χ1v) is 10.1. The number of hydrogen-bond acceptors (Lipinski definition) is 2. The maximum absolute atomic E-state index is 13.5. The zero-order valence-corrected chi connectivity index (χ0v) is 17.4. The van der Waals surface area contributed by atoms with Crippen LogP contribution in [0.25, 0.3) is 0 Å². The molecule has 0 fully saturated rings. The fourth-order valence-corrected chi connectivity index (χ4v) is 3.92. The first-order valence-electron chi connectivity index (χ1n) is 9.01. The molecule has 28 heavy (non-hydrogen) atoms. The lowest BCUT2D eigenvalue weighted by atomic mass is 9.96. The van der Waals surface area contributed by atoms with Gasteiger partial charge in [-0.05, 0) is 70.1 Å². The quantitative estimate of drug-likeness (QED) is 0.408. The SMILES string of the molecule is CC(=O)N1c2ccccc2N=C(c2ccc(I)cc2)CC1c1ccc(F)cc1. The molecular weight excluding hydrogens is 466 g/mol. The summed E-state index contributed by atoms with van der Waals surface area (Å²) in [5.41, 5.74) is 4.34. The lowest BCUT2D eigenvalue weighted by Crippen LogP contribution is -2.33. The molecule has 0 saturated heterocycles. The van der Waals surface area contributed by atoms with Gasteiger partial charge in [-0.15, -0.1) is 0 Å². The number of carbonyl (C=O) groups excluding carboxylic acids is 1. The van der Waals surface area contributed by atoms with E-state index in [1.54, 1.807) is 24.0 Å². The van der Waals surface area contributed by atoms with Gasteiger partial charge in [0.05, 0.1) is 23.1 Å². The minimum atomic E-state index is -0.293. The summed E-state index contributed by atoms with van der Waals surface area (Å²) in [6.45, 7) is 1.56. The third kappa shape index (κ3) is 3.71. The molecule has 1 aliphatic rings. The maximum Gasteiger partial charge on any atom is 0.224 e. The van der Waals surface area contributed by atoms with Crippen LogP contribution in [0.15, 0.2) is 77.8 Å². The molecule has 1 amide bonds. The smallest absolute Gasteiger partial charge is 0.224 e. The molecule has 0 bridgehead atoms. The first kappa shape index (κ1) is 18.8. The van der Waals surface area contributed by atoms with Crippen LogP contribution in [-0.4, -0.2) is 11.6 Å². The zero-order valence-electron chi connectivity index (χ0n) is 15.3. The molecule has 3 aromatic rings. The van der Waals surface area contributed by atoms with Crippen molar-refractivity contribution in [2.75, 3.05) is 4.90 Å². The molecule has 0 saturated carbocycles. The third-order valence-electron chi connectivity index (χ3n) is 4.87. The standard InChI is InChI=1S/C23H18FIN2O/c1-15(28)27-22-5-3-2-4-20(22)26-21(16-8-12-19(25)13-9-16)14-23(27)17-6-10-18(24)11-7-17/h2-13,23H,14H2,1H3. The fourth-order valence-electron chi connectivity index (χ4n) is 3.56. The molecule has 5 heteroatoms. The molecule has 140 valence electrons. The Labute approximate surface area is 177 Å². The van der Waals surface area contributed by atoms with Crippen molar-refractivity contribution in [1.29, 1.82) is 0 Å².